The number of hydrogen-bond acceptors (Lipinski definition) is 5. The van der Waals surface area contributed by atoms with Gasteiger partial charge in [0.25, 0.3) is 0 Å². The molecular weight excluding hydrogens is 284 g/mol. The van der Waals surface area contributed by atoms with Gasteiger partial charge in [-0.2, -0.15) is 0 Å². The second kappa shape index (κ2) is 8.60. The second-order valence-electron chi connectivity index (χ2n) is 5.41. The maximum Gasteiger partial charge on any atom is 0.406 e. The third-order valence-electron chi connectivity index (χ3n) is 3.82. The van der Waals surface area contributed by atoms with Gasteiger partial charge in [0.05, 0.1) is 19.8 Å². The first kappa shape index (κ1) is 16.6. The van der Waals surface area contributed by atoms with E-state index in [2.05, 4.69) is 15.4 Å². The van der Waals surface area contributed by atoms with Gasteiger partial charge in [-0.05, 0) is 37.1 Å². The van der Waals surface area contributed by atoms with Gasteiger partial charge in [0.15, 0.2) is 0 Å². The zero-order chi connectivity index (χ0) is 15.8. The van der Waals surface area contributed by atoms with E-state index in [1.54, 1.807) is 12.1 Å². The first-order valence-electron chi connectivity index (χ1n) is 7.64. The summed E-state index contributed by atoms with van der Waals surface area (Å²) in [5.41, 5.74) is 0.965. The number of nitrogens with one attached hydrogen (secondary N) is 2. The van der Waals surface area contributed by atoms with Gasteiger partial charge in [0.2, 0.25) is 0 Å². The minimum atomic E-state index is -0.461. The number of rotatable bonds is 6. The highest BCUT2D eigenvalue weighted by Crippen LogP contribution is 2.32. The van der Waals surface area contributed by atoms with Crippen molar-refractivity contribution in [3.8, 4) is 5.75 Å². The summed E-state index contributed by atoms with van der Waals surface area (Å²) in [4.78, 5) is 11.0. The Morgan fingerprint density at radius 1 is 1.55 bits per heavy atom. The molecule has 1 heterocycles. The summed E-state index contributed by atoms with van der Waals surface area (Å²) in [6.07, 6.45) is 1.64. The van der Waals surface area contributed by atoms with Crippen molar-refractivity contribution in [2.45, 2.75) is 18.9 Å². The van der Waals surface area contributed by atoms with Crippen LogP contribution in [-0.2, 0) is 9.47 Å². The Hall–Kier alpha value is -1.79. The first-order valence-corrected chi connectivity index (χ1v) is 7.64. The average Bonchev–Trinajstić information content (AvgIpc) is 2.55. The van der Waals surface area contributed by atoms with Crippen molar-refractivity contribution in [2.75, 3.05) is 33.4 Å². The van der Waals surface area contributed by atoms with Crippen molar-refractivity contribution in [1.82, 2.24) is 10.6 Å². The molecule has 0 radical (unpaired) electrons. The highest BCUT2D eigenvalue weighted by Gasteiger charge is 2.26. The van der Waals surface area contributed by atoms with Crippen molar-refractivity contribution < 1.29 is 19.4 Å². The molecule has 1 aromatic rings. The number of ether oxygens (including phenoxy) is 2. The van der Waals surface area contributed by atoms with Crippen LogP contribution in [0.25, 0.3) is 0 Å². The molecule has 2 rings (SSSR count). The maximum absolute atomic E-state index is 11.0. The van der Waals surface area contributed by atoms with Gasteiger partial charge in [0, 0.05) is 19.0 Å². The van der Waals surface area contributed by atoms with Crippen LogP contribution in [0, 0.1) is 5.92 Å². The largest absolute Gasteiger partial charge is 0.508 e. The van der Waals surface area contributed by atoms with Crippen molar-refractivity contribution in [3.63, 3.8) is 0 Å². The van der Waals surface area contributed by atoms with Crippen LogP contribution in [0.3, 0.4) is 0 Å². The normalized spacial score (nSPS) is 19.4. The van der Waals surface area contributed by atoms with E-state index in [0.29, 0.717) is 19.1 Å². The zero-order valence-electron chi connectivity index (χ0n) is 12.9. The van der Waals surface area contributed by atoms with Crippen LogP contribution >= 0.6 is 0 Å². The van der Waals surface area contributed by atoms with Crippen LogP contribution < -0.4 is 10.6 Å². The van der Waals surface area contributed by atoms with Crippen molar-refractivity contribution in [1.29, 1.82) is 0 Å². The van der Waals surface area contributed by atoms with E-state index >= 15 is 0 Å². The lowest BCUT2D eigenvalue weighted by molar-refractivity contribution is 0.00464. The van der Waals surface area contributed by atoms with Crippen molar-refractivity contribution in [2.24, 2.45) is 5.92 Å². The lowest BCUT2D eigenvalue weighted by Crippen LogP contribution is -2.35. The number of phenols is 1. The Labute approximate surface area is 130 Å². The number of carbonyl (C=O) groups is 1. The molecule has 122 valence electrons. The summed E-state index contributed by atoms with van der Waals surface area (Å²) < 4.78 is 10.5. The van der Waals surface area contributed by atoms with Crippen LogP contribution in [0.15, 0.2) is 24.3 Å². The SMILES string of the molecule is COC(=O)NCCO[C@@H](c1cccc(O)c1)[C@@H]1CCCNC1. The fraction of sp³-hybridized carbons (Fsp3) is 0.562. The average molecular weight is 308 g/mol. The quantitative estimate of drug-likeness (QED) is 0.698. The highest BCUT2D eigenvalue weighted by molar-refractivity contribution is 5.66. The third-order valence-corrected chi connectivity index (χ3v) is 3.82. The summed E-state index contributed by atoms with van der Waals surface area (Å²) in [6, 6.07) is 7.18. The molecule has 1 saturated heterocycles. The number of amides is 1. The molecule has 0 spiro atoms. The molecule has 22 heavy (non-hydrogen) atoms. The van der Waals surface area contributed by atoms with Crippen LogP contribution in [0.4, 0.5) is 4.79 Å². The van der Waals surface area contributed by atoms with E-state index in [1.165, 1.54) is 7.11 Å². The number of alkyl carbamates (subject to hydrolysis) is 1. The number of piperidine rings is 1. The summed E-state index contributed by atoms with van der Waals surface area (Å²) in [5.74, 6) is 0.594. The predicted molar refractivity (Wildman–Crippen MR) is 82.8 cm³/mol. The van der Waals surface area contributed by atoms with E-state index in [9.17, 15) is 9.90 Å². The number of benzene rings is 1. The third kappa shape index (κ3) is 4.89. The van der Waals surface area contributed by atoms with E-state index < -0.39 is 6.09 Å². The lowest BCUT2D eigenvalue weighted by Gasteiger charge is -2.31. The van der Waals surface area contributed by atoms with Crippen LogP contribution in [0.5, 0.6) is 5.75 Å². The number of phenolic OH excluding ortho intramolecular Hbond substituents is 1. The van der Waals surface area contributed by atoms with Crippen molar-refractivity contribution >= 4 is 6.09 Å². The summed E-state index contributed by atoms with van der Waals surface area (Å²) >= 11 is 0. The number of aromatic hydroxyl groups is 1. The van der Waals surface area contributed by atoms with Crippen LogP contribution in [0.2, 0.25) is 0 Å². The van der Waals surface area contributed by atoms with E-state index in [1.807, 2.05) is 12.1 Å². The molecule has 0 bridgehead atoms. The minimum Gasteiger partial charge on any atom is -0.508 e. The van der Waals surface area contributed by atoms with E-state index in [0.717, 1.165) is 31.5 Å². The molecule has 1 aliphatic rings. The van der Waals surface area contributed by atoms with Gasteiger partial charge in [0.1, 0.15) is 5.75 Å². The smallest absolute Gasteiger partial charge is 0.406 e. The number of methoxy groups -OCH3 is 1. The molecule has 1 aliphatic heterocycles. The fourth-order valence-electron chi connectivity index (χ4n) is 2.75. The lowest BCUT2D eigenvalue weighted by atomic mass is 9.89. The summed E-state index contributed by atoms with van der Waals surface area (Å²) in [7, 11) is 1.33. The van der Waals surface area contributed by atoms with Gasteiger partial charge < -0.3 is 25.2 Å². The van der Waals surface area contributed by atoms with Gasteiger partial charge in [-0.25, -0.2) is 4.79 Å². The number of carbonyl (C=O) groups excluding carboxylic acids is 1. The molecule has 1 fully saturated rings. The van der Waals surface area contributed by atoms with Gasteiger partial charge in [-0.15, -0.1) is 0 Å². The first-order chi connectivity index (χ1) is 10.7. The molecule has 0 aromatic heterocycles. The molecule has 2 atom stereocenters. The molecule has 6 heteroatoms. The van der Waals surface area contributed by atoms with Gasteiger partial charge >= 0.3 is 6.09 Å². The number of hydrogen-bond donors (Lipinski definition) is 3. The minimum absolute atomic E-state index is 0.0978. The van der Waals surface area contributed by atoms with Gasteiger partial charge in [-0.3, -0.25) is 0 Å². The van der Waals surface area contributed by atoms with Crippen LogP contribution in [-0.4, -0.2) is 44.6 Å². The fourth-order valence-corrected chi connectivity index (χ4v) is 2.75. The molecular formula is C16H24N2O4. The Balaban J connectivity index is 1.97. The molecule has 1 aromatic carbocycles. The Bertz CT molecular complexity index is 475. The Kier molecular flexibility index (Phi) is 6.48. The highest BCUT2D eigenvalue weighted by atomic mass is 16.5. The summed E-state index contributed by atoms with van der Waals surface area (Å²) in [5, 5.41) is 15.7. The monoisotopic (exact) mass is 308 g/mol. The topological polar surface area (TPSA) is 79.8 Å². The molecule has 0 unspecified atom stereocenters. The molecule has 0 saturated carbocycles. The van der Waals surface area contributed by atoms with E-state index in [4.69, 9.17) is 4.74 Å². The summed E-state index contributed by atoms with van der Waals surface area (Å²) in [6.45, 7) is 2.71. The standard InChI is InChI=1S/C16H24N2O4/c1-21-16(20)18-8-9-22-15(13-5-3-7-17-11-13)12-4-2-6-14(19)10-12/h2,4,6,10,13,15,17,19H,3,5,7-9,11H2,1H3,(H,18,20)/t13-,15+/m1/s1. The van der Waals surface area contributed by atoms with Crippen LogP contribution in [0.1, 0.15) is 24.5 Å². The molecule has 1 amide bonds. The molecule has 0 aliphatic carbocycles. The zero-order valence-corrected chi connectivity index (χ0v) is 12.9. The van der Waals surface area contributed by atoms with Gasteiger partial charge in [-0.1, -0.05) is 12.1 Å². The molecule has 6 nitrogen and oxygen atoms in total. The Morgan fingerprint density at radius 2 is 2.41 bits per heavy atom. The van der Waals surface area contributed by atoms with E-state index in [-0.39, 0.29) is 11.9 Å². The maximum atomic E-state index is 11.0. The predicted octanol–water partition coefficient (Wildman–Crippen LogP) is 1.81. The second-order valence-corrected chi connectivity index (χ2v) is 5.41. The molecule has 3 N–H and O–H groups in total. The Morgan fingerprint density at radius 3 is 3.09 bits per heavy atom. The van der Waals surface area contributed by atoms with Crippen molar-refractivity contribution in [3.05, 3.63) is 29.8 Å².